The fraction of sp³-hybridized carbons (Fsp3) is 0.636. The minimum Gasteiger partial charge on any atom is -0.357 e. The summed E-state index contributed by atoms with van der Waals surface area (Å²) in [7, 11) is -1.72. The number of anilines is 1. The van der Waals surface area contributed by atoms with E-state index in [1.165, 1.54) is 12.4 Å². The largest absolute Gasteiger partial charge is 0.357 e. The zero-order chi connectivity index (χ0) is 12.8. The van der Waals surface area contributed by atoms with Crippen LogP contribution in [0.15, 0.2) is 17.3 Å². The molecule has 1 N–H and O–H groups in total. The molecule has 0 radical (unpaired) electrons. The summed E-state index contributed by atoms with van der Waals surface area (Å²) in [6.07, 6.45) is 5.90. The molecule has 1 aromatic rings. The maximum Gasteiger partial charge on any atom is 0.246 e. The van der Waals surface area contributed by atoms with Crippen LogP contribution < -0.4 is 5.32 Å². The molecule has 2 atom stereocenters. The molecule has 2 aliphatic rings. The van der Waals surface area contributed by atoms with Gasteiger partial charge in [0, 0.05) is 19.6 Å². The van der Waals surface area contributed by atoms with Crippen LogP contribution in [0, 0.1) is 5.92 Å². The van der Waals surface area contributed by atoms with Crippen LogP contribution in [0.3, 0.4) is 0 Å². The van der Waals surface area contributed by atoms with Crippen LogP contribution in [0.1, 0.15) is 19.3 Å². The van der Waals surface area contributed by atoms with E-state index in [9.17, 15) is 8.42 Å². The van der Waals surface area contributed by atoms with Gasteiger partial charge in [-0.15, -0.1) is 0 Å². The lowest BCUT2D eigenvalue weighted by atomic mass is 10.1. The Balaban J connectivity index is 1.89. The number of nitrogens with one attached hydrogen (secondary N) is 1. The van der Waals surface area contributed by atoms with Crippen molar-refractivity contribution in [3.8, 4) is 0 Å². The monoisotopic (exact) mass is 268 g/mol. The van der Waals surface area contributed by atoms with E-state index < -0.39 is 10.0 Å². The van der Waals surface area contributed by atoms with Gasteiger partial charge in [-0.2, -0.15) is 4.31 Å². The summed E-state index contributed by atoms with van der Waals surface area (Å²) >= 11 is 0. The molecule has 2 fully saturated rings. The Morgan fingerprint density at radius 1 is 1.33 bits per heavy atom. The topological polar surface area (TPSA) is 75.2 Å². The molecule has 2 unspecified atom stereocenters. The lowest BCUT2D eigenvalue weighted by molar-refractivity contribution is 0.333. The second-order valence-electron chi connectivity index (χ2n) is 4.90. The Kier molecular flexibility index (Phi) is 2.74. The Morgan fingerprint density at radius 3 is 2.56 bits per heavy atom. The number of sulfonamides is 1. The van der Waals surface area contributed by atoms with Crippen molar-refractivity contribution in [1.29, 1.82) is 0 Å². The maximum atomic E-state index is 12.4. The summed E-state index contributed by atoms with van der Waals surface area (Å²) in [5.41, 5.74) is 0. The molecule has 0 aromatic carbocycles. The van der Waals surface area contributed by atoms with E-state index in [4.69, 9.17) is 0 Å². The van der Waals surface area contributed by atoms with Crippen molar-refractivity contribution in [3.63, 3.8) is 0 Å². The predicted molar refractivity (Wildman–Crippen MR) is 66.6 cm³/mol. The van der Waals surface area contributed by atoms with E-state index in [0.717, 1.165) is 19.3 Å². The van der Waals surface area contributed by atoms with Crippen molar-refractivity contribution < 1.29 is 8.42 Å². The SMILES string of the molecule is CNc1ncc(S(=O)(=O)N2CC3CCC2C3)cn1. The lowest BCUT2D eigenvalue weighted by Crippen LogP contribution is -2.37. The minimum absolute atomic E-state index is 0.184. The number of piperidine rings is 1. The van der Waals surface area contributed by atoms with Gasteiger partial charge in [0.2, 0.25) is 16.0 Å². The molecule has 7 heteroatoms. The number of fused-ring (bicyclic) bond motifs is 2. The highest BCUT2D eigenvalue weighted by Gasteiger charge is 2.44. The zero-order valence-corrected chi connectivity index (χ0v) is 11.0. The van der Waals surface area contributed by atoms with Crippen LogP contribution in [0.4, 0.5) is 5.95 Å². The molecule has 1 aliphatic heterocycles. The number of rotatable bonds is 3. The first-order valence-electron chi connectivity index (χ1n) is 6.13. The number of hydrogen-bond acceptors (Lipinski definition) is 5. The van der Waals surface area contributed by atoms with Crippen LogP contribution in [-0.2, 0) is 10.0 Å². The lowest BCUT2D eigenvalue weighted by Gasteiger charge is -2.25. The van der Waals surface area contributed by atoms with E-state index in [0.29, 0.717) is 18.4 Å². The third-order valence-electron chi connectivity index (χ3n) is 3.82. The number of nitrogens with zero attached hydrogens (tertiary/aromatic N) is 3. The van der Waals surface area contributed by atoms with Gasteiger partial charge in [0.15, 0.2) is 0 Å². The Bertz CT molecular complexity index is 543. The van der Waals surface area contributed by atoms with Gasteiger partial charge in [0.1, 0.15) is 4.90 Å². The van der Waals surface area contributed by atoms with E-state index in [2.05, 4.69) is 15.3 Å². The third kappa shape index (κ3) is 1.78. The first kappa shape index (κ1) is 11.9. The highest BCUT2D eigenvalue weighted by atomic mass is 32.2. The second kappa shape index (κ2) is 4.17. The Hall–Kier alpha value is -1.21. The Morgan fingerprint density at radius 2 is 2.06 bits per heavy atom. The summed E-state index contributed by atoms with van der Waals surface area (Å²) in [6.45, 7) is 0.654. The van der Waals surface area contributed by atoms with Gasteiger partial charge in [-0.05, 0) is 25.2 Å². The smallest absolute Gasteiger partial charge is 0.246 e. The fourth-order valence-electron chi connectivity index (χ4n) is 2.89. The molecule has 2 heterocycles. The fourth-order valence-corrected chi connectivity index (χ4v) is 4.52. The van der Waals surface area contributed by atoms with Gasteiger partial charge in [-0.3, -0.25) is 0 Å². The van der Waals surface area contributed by atoms with E-state index in [1.807, 2.05) is 0 Å². The normalized spacial score (nSPS) is 27.6. The van der Waals surface area contributed by atoms with Gasteiger partial charge >= 0.3 is 0 Å². The van der Waals surface area contributed by atoms with E-state index in [1.54, 1.807) is 11.4 Å². The van der Waals surface area contributed by atoms with Crippen LogP contribution in [0.25, 0.3) is 0 Å². The number of hydrogen-bond donors (Lipinski definition) is 1. The van der Waals surface area contributed by atoms with Gasteiger partial charge in [-0.1, -0.05) is 0 Å². The van der Waals surface area contributed by atoms with Crippen LogP contribution in [-0.4, -0.2) is 42.3 Å². The van der Waals surface area contributed by atoms with Crippen LogP contribution >= 0.6 is 0 Å². The van der Waals surface area contributed by atoms with Crippen molar-refractivity contribution >= 4 is 16.0 Å². The first-order chi connectivity index (χ1) is 8.61. The van der Waals surface area contributed by atoms with E-state index >= 15 is 0 Å². The van der Waals surface area contributed by atoms with Crippen molar-refractivity contribution in [2.24, 2.45) is 5.92 Å². The summed E-state index contributed by atoms with van der Waals surface area (Å²) in [5, 5.41) is 2.77. The van der Waals surface area contributed by atoms with Crippen molar-refractivity contribution in [2.45, 2.75) is 30.2 Å². The molecule has 18 heavy (non-hydrogen) atoms. The van der Waals surface area contributed by atoms with Crippen LogP contribution in [0.2, 0.25) is 0 Å². The molecule has 1 aliphatic carbocycles. The van der Waals surface area contributed by atoms with Gasteiger partial charge in [-0.25, -0.2) is 18.4 Å². The quantitative estimate of drug-likeness (QED) is 0.873. The molecule has 98 valence electrons. The standard InChI is InChI=1S/C11H16N4O2S/c1-12-11-13-5-10(6-14-11)18(16,17)15-7-8-2-3-9(15)4-8/h5-6,8-9H,2-4,7H2,1H3,(H,12,13,14). The molecule has 6 nitrogen and oxygen atoms in total. The van der Waals surface area contributed by atoms with Crippen molar-refractivity contribution in [3.05, 3.63) is 12.4 Å². The van der Waals surface area contributed by atoms with Crippen molar-refractivity contribution in [2.75, 3.05) is 18.9 Å². The maximum absolute atomic E-state index is 12.4. The average molecular weight is 268 g/mol. The summed E-state index contributed by atoms with van der Waals surface area (Å²) < 4.78 is 26.5. The predicted octanol–water partition coefficient (Wildman–Crippen LogP) is 0.691. The van der Waals surface area contributed by atoms with Gasteiger partial charge < -0.3 is 5.32 Å². The molecular formula is C11H16N4O2S. The highest BCUT2D eigenvalue weighted by Crippen LogP contribution is 2.40. The minimum atomic E-state index is -3.41. The van der Waals surface area contributed by atoms with Crippen LogP contribution in [0.5, 0.6) is 0 Å². The van der Waals surface area contributed by atoms with E-state index in [-0.39, 0.29) is 10.9 Å². The molecule has 1 saturated carbocycles. The highest BCUT2D eigenvalue weighted by molar-refractivity contribution is 7.89. The zero-order valence-electron chi connectivity index (χ0n) is 10.2. The average Bonchev–Trinajstić information content (AvgIpc) is 3.01. The molecule has 0 amide bonds. The summed E-state index contributed by atoms with van der Waals surface area (Å²) in [6, 6.07) is 0.184. The second-order valence-corrected chi connectivity index (χ2v) is 6.79. The van der Waals surface area contributed by atoms with Gasteiger partial charge in [0.25, 0.3) is 0 Å². The summed E-state index contributed by atoms with van der Waals surface area (Å²) in [4.78, 5) is 8.13. The molecule has 2 bridgehead atoms. The Labute approximate surface area is 106 Å². The summed E-state index contributed by atoms with van der Waals surface area (Å²) in [5.74, 6) is 0.971. The van der Waals surface area contributed by atoms with Gasteiger partial charge in [0.05, 0.1) is 12.4 Å². The first-order valence-corrected chi connectivity index (χ1v) is 7.57. The molecule has 1 saturated heterocycles. The third-order valence-corrected chi connectivity index (χ3v) is 5.69. The molecule has 1 aromatic heterocycles. The molecular weight excluding hydrogens is 252 g/mol. The molecule has 3 rings (SSSR count). The van der Waals surface area contributed by atoms with Crippen molar-refractivity contribution in [1.82, 2.24) is 14.3 Å². The number of aromatic nitrogens is 2. The molecule has 0 spiro atoms.